The number of carbonyl (C=O) groups is 1. The SMILES string of the molecule is CCNC(=O)c1cccc(CNC(=NC)NC2CCc3nc(COC)nn3C2)c1. The predicted molar refractivity (Wildman–Crippen MR) is 111 cm³/mol. The van der Waals surface area contributed by atoms with E-state index < -0.39 is 0 Å². The molecule has 9 heteroatoms. The van der Waals surface area contributed by atoms with Crippen LogP contribution >= 0.6 is 0 Å². The van der Waals surface area contributed by atoms with Gasteiger partial charge in [-0.25, -0.2) is 9.67 Å². The highest BCUT2D eigenvalue weighted by molar-refractivity contribution is 5.94. The number of guanidine groups is 1. The van der Waals surface area contributed by atoms with Gasteiger partial charge in [-0.3, -0.25) is 9.79 Å². The van der Waals surface area contributed by atoms with Crippen LogP contribution in [0.15, 0.2) is 29.3 Å². The van der Waals surface area contributed by atoms with E-state index in [1.165, 1.54) is 0 Å². The van der Waals surface area contributed by atoms with Crippen LogP contribution in [0.25, 0.3) is 0 Å². The van der Waals surface area contributed by atoms with E-state index in [0.29, 0.717) is 25.3 Å². The number of aryl methyl sites for hydroxylation is 1. The topological polar surface area (TPSA) is 105 Å². The Hall–Kier alpha value is -2.94. The molecule has 0 saturated heterocycles. The summed E-state index contributed by atoms with van der Waals surface area (Å²) in [4.78, 5) is 20.8. The van der Waals surface area contributed by atoms with Crippen molar-refractivity contribution in [2.45, 2.75) is 45.5 Å². The first-order valence-electron chi connectivity index (χ1n) is 9.88. The largest absolute Gasteiger partial charge is 0.377 e. The van der Waals surface area contributed by atoms with Gasteiger partial charge in [-0.15, -0.1) is 0 Å². The van der Waals surface area contributed by atoms with Crippen molar-refractivity contribution in [2.75, 3.05) is 20.7 Å². The molecule has 1 aliphatic rings. The summed E-state index contributed by atoms with van der Waals surface area (Å²) in [5.41, 5.74) is 1.68. The van der Waals surface area contributed by atoms with Gasteiger partial charge in [0, 0.05) is 45.3 Å². The van der Waals surface area contributed by atoms with E-state index in [9.17, 15) is 4.79 Å². The lowest BCUT2D eigenvalue weighted by Gasteiger charge is -2.25. The van der Waals surface area contributed by atoms with E-state index in [1.807, 2.05) is 35.9 Å². The van der Waals surface area contributed by atoms with Gasteiger partial charge in [0.05, 0.1) is 6.54 Å². The minimum absolute atomic E-state index is 0.0597. The molecule has 3 rings (SSSR count). The summed E-state index contributed by atoms with van der Waals surface area (Å²) < 4.78 is 7.06. The van der Waals surface area contributed by atoms with Crippen molar-refractivity contribution in [1.82, 2.24) is 30.7 Å². The zero-order valence-corrected chi connectivity index (χ0v) is 17.2. The van der Waals surface area contributed by atoms with Crippen LogP contribution in [0.1, 0.15) is 40.9 Å². The molecule has 1 aromatic heterocycles. The molecule has 0 spiro atoms. The fourth-order valence-corrected chi connectivity index (χ4v) is 3.33. The van der Waals surface area contributed by atoms with E-state index in [4.69, 9.17) is 4.74 Å². The Bertz CT molecular complexity index is 862. The Balaban J connectivity index is 1.55. The quantitative estimate of drug-likeness (QED) is 0.471. The normalized spacial score (nSPS) is 16.2. The standard InChI is InChI=1S/C20H29N7O2/c1-4-22-19(28)15-7-5-6-14(10-15)11-23-20(21-2)24-16-8-9-18-25-17(13-29-3)26-27(18)12-16/h5-7,10,16H,4,8-9,11-13H2,1-3H3,(H,22,28)(H2,21,23,24). The molecule has 0 aliphatic carbocycles. The molecular formula is C20H29N7O2. The van der Waals surface area contributed by atoms with Gasteiger partial charge in [-0.2, -0.15) is 5.10 Å². The van der Waals surface area contributed by atoms with Gasteiger partial charge in [0.2, 0.25) is 0 Å². The molecule has 156 valence electrons. The molecule has 9 nitrogen and oxygen atoms in total. The summed E-state index contributed by atoms with van der Waals surface area (Å²) in [5.74, 6) is 2.38. The number of nitrogens with zero attached hydrogens (tertiary/aromatic N) is 4. The van der Waals surface area contributed by atoms with E-state index >= 15 is 0 Å². The molecule has 0 radical (unpaired) electrons. The second-order valence-electron chi connectivity index (χ2n) is 6.92. The highest BCUT2D eigenvalue weighted by Gasteiger charge is 2.22. The molecule has 2 heterocycles. The van der Waals surface area contributed by atoms with Gasteiger partial charge in [-0.05, 0) is 31.0 Å². The van der Waals surface area contributed by atoms with Crippen LogP contribution in [0.2, 0.25) is 0 Å². The Kier molecular flexibility index (Phi) is 7.18. The maximum atomic E-state index is 12.0. The first-order valence-corrected chi connectivity index (χ1v) is 9.88. The van der Waals surface area contributed by atoms with E-state index in [2.05, 4.69) is 31.0 Å². The summed E-state index contributed by atoms with van der Waals surface area (Å²) >= 11 is 0. The van der Waals surface area contributed by atoms with E-state index in [0.717, 1.165) is 42.6 Å². The van der Waals surface area contributed by atoms with E-state index in [1.54, 1.807) is 14.2 Å². The Morgan fingerprint density at radius 1 is 1.38 bits per heavy atom. The zero-order valence-electron chi connectivity index (χ0n) is 17.2. The van der Waals surface area contributed by atoms with Crippen LogP contribution in [-0.2, 0) is 30.9 Å². The molecule has 0 fully saturated rings. The molecule has 1 aliphatic heterocycles. The van der Waals surface area contributed by atoms with Crippen LogP contribution in [0, 0.1) is 0 Å². The third-order valence-corrected chi connectivity index (χ3v) is 4.73. The van der Waals surface area contributed by atoms with Crippen LogP contribution in [0.4, 0.5) is 0 Å². The van der Waals surface area contributed by atoms with Crippen molar-refractivity contribution in [2.24, 2.45) is 4.99 Å². The Morgan fingerprint density at radius 3 is 3.00 bits per heavy atom. The number of rotatable bonds is 7. The van der Waals surface area contributed by atoms with Gasteiger partial charge >= 0.3 is 0 Å². The van der Waals surface area contributed by atoms with Crippen molar-refractivity contribution in [3.05, 3.63) is 47.0 Å². The molecular weight excluding hydrogens is 370 g/mol. The number of methoxy groups -OCH3 is 1. The van der Waals surface area contributed by atoms with Gasteiger partial charge < -0.3 is 20.7 Å². The van der Waals surface area contributed by atoms with Gasteiger partial charge in [0.25, 0.3) is 5.91 Å². The number of fused-ring (bicyclic) bond motifs is 1. The number of benzene rings is 1. The van der Waals surface area contributed by atoms with Gasteiger partial charge in [-0.1, -0.05) is 12.1 Å². The number of aromatic nitrogens is 3. The average molecular weight is 399 g/mol. The molecule has 1 aromatic carbocycles. The molecule has 3 N–H and O–H groups in total. The summed E-state index contributed by atoms with van der Waals surface area (Å²) in [5, 5.41) is 14.1. The number of hydrogen-bond acceptors (Lipinski definition) is 5. The predicted octanol–water partition coefficient (Wildman–Crippen LogP) is 0.854. The second-order valence-corrected chi connectivity index (χ2v) is 6.92. The summed E-state index contributed by atoms with van der Waals surface area (Å²) in [6.07, 6.45) is 1.82. The fourth-order valence-electron chi connectivity index (χ4n) is 3.33. The molecule has 1 amide bonds. The van der Waals surface area contributed by atoms with Crippen LogP contribution in [0.3, 0.4) is 0 Å². The monoisotopic (exact) mass is 399 g/mol. The van der Waals surface area contributed by atoms with Crippen molar-refractivity contribution in [3.63, 3.8) is 0 Å². The third kappa shape index (κ3) is 5.54. The molecule has 0 bridgehead atoms. The van der Waals surface area contributed by atoms with E-state index in [-0.39, 0.29) is 11.9 Å². The maximum absolute atomic E-state index is 12.0. The maximum Gasteiger partial charge on any atom is 0.251 e. The molecule has 29 heavy (non-hydrogen) atoms. The van der Waals surface area contributed by atoms with Crippen molar-refractivity contribution < 1.29 is 9.53 Å². The minimum Gasteiger partial charge on any atom is -0.377 e. The highest BCUT2D eigenvalue weighted by Crippen LogP contribution is 2.13. The Labute approximate surface area is 171 Å². The second kappa shape index (κ2) is 10.0. The average Bonchev–Trinajstić information content (AvgIpc) is 3.13. The van der Waals surface area contributed by atoms with Crippen LogP contribution < -0.4 is 16.0 Å². The summed E-state index contributed by atoms with van der Waals surface area (Å²) in [7, 11) is 3.40. The number of amides is 1. The van der Waals surface area contributed by atoms with Gasteiger partial charge in [0.15, 0.2) is 11.8 Å². The van der Waals surface area contributed by atoms with Crippen molar-refractivity contribution in [3.8, 4) is 0 Å². The number of carbonyl (C=O) groups excluding carboxylic acids is 1. The highest BCUT2D eigenvalue weighted by atomic mass is 16.5. The Morgan fingerprint density at radius 2 is 2.24 bits per heavy atom. The zero-order chi connectivity index (χ0) is 20.6. The minimum atomic E-state index is -0.0597. The summed E-state index contributed by atoms with van der Waals surface area (Å²) in [6.45, 7) is 4.26. The lowest BCUT2D eigenvalue weighted by molar-refractivity contribution is 0.0955. The number of aliphatic imine (C=N–C) groups is 1. The van der Waals surface area contributed by atoms with Crippen molar-refractivity contribution >= 4 is 11.9 Å². The smallest absolute Gasteiger partial charge is 0.251 e. The first kappa shape index (κ1) is 20.8. The first-order chi connectivity index (χ1) is 14.1. The summed E-state index contributed by atoms with van der Waals surface area (Å²) in [6, 6.07) is 7.81. The van der Waals surface area contributed by atoms with Crippen LogP contribution in [0.5, 0.6) is 0 Å². The lowest BCUT2D eigenvalue weighted by atomic mass is 10.1. The molecule has 0 saturated carbocycles. The van der Waals surface area contributed by atoms with Crippen LogP contribution in [-0.4, -0.2) is 53.4 Å². The third-order valence-electron chi connectivity index (χ3n) is 4.73. The van der Waals surface area contributed by atoms with Crippen molar-refractivity contribution in [1.29, 1.82) is 0 Å². The number of ether oxygens (including phenoxy) is 1. The number of nitrogens with one attached hydrogen (secondary N) is 3. The molecule has 2 aromatic rings. The lowest BCUT2D eigenvalue weighted by Crippen LogP contribution is -2.46. The molecule has 1 atom stereocenters. The fraction of sp³-hybridized carbons (Fsp3) is 0.500. The molecule has 1 unspecified atom stereocenters. The number of hydrogen-bond donors (Lipinski definition) is 3. The van der Waals surface area contributed by atoms with Gasteiger partial charge in [0.1, 0.15) is 12.4 Å².